The number of rotatable bonds is 3. The van der Waals surface area contributed by atoms with Crippen molar-refractivity contribution in [2.45, 2.75) is 6.92 Å². The van der Waals surface area contributed by atoms with Crippen molar-refractivity contribution in [2.24, 2.45) is 0 Å². The summed E-state index contributed by atoms with van der Waals surface area (Å²) in [5, 5.41) is 0. The lowest BCUT2D eigenvalue weighted by Crippen LogP contribution is -1.87. The molecule has 0 aliphatic heterocycles. The van der Waals surface area contributed by atoms with Gasteiger partial charge in [-0.25, -0.2) is 0 Å². The molecule has 2 heteroatoms. The summed E-state index contributed by atoms with van der Waals surface area (Å²) in [6, 6.07) is 1.93. The van der Waals surface area contributed by atoms with E-state index >= 15 is 0 Å². The summed E-state index contributed by atoms with van der Waals surface area (Å²) in [5.74, 6) is 0.763. The van der Waals surface area contributed by atoms with E-state index in [4.69, 9.17) is 4.74 Å². The third kappa shape index (κ3) is 2.18. The molecule has 0 saturated carbocycles. The van der Waals surface area contributed by atoms with Crippen LogP contribution in [0.5, 0.6) is 5.75 Å². The van der Waals surface area contributed by atoms with E-state index < -0.39 is 0 Å². The first kappa shape index (κ1) is 9.52. The molecule has 1 rings (SSSR count). The highest BCUT2D eigenvalue weighted by Crippen LogP contribution is 2.18. The molecule has 1 aromatic heterocycles. The SMILES string of the molecule is C=CC(=CC)c1cncc(OC)c1. The molecule has 0 atom stereocenters. The third-order valence-electron chi connectivity index (χ3n) is 1.81. The van der Waals surface area contributed by atoms with Gasteiger partial charge >= 0.3 is 0 Å². The van der Waals surface area contributed by atoms with Crippen molar-refractivity contribution in [1.29, 1.82) is 0 Å². The minimum Gasteiger partial charge on any atom is -0.495 e. The maximum atomic E-state index is 5.07. The van der Waals surface area contributed by atoms with Crippen LogP contribution in [0, 0.1) is 0 Å². The molecule has 0 amide bonds. The van der Waals surface area contributed by atoms with Crippen LogP contribution in [0.1, 0.15) is 12.5 Å². The lowest BCUT2D eigenvalue weighted by molar-refractivity contribution is 0.413. The molecule has 1 heterocycles. The van der Waals surface area contributed by atoms with E-state index in [2.05, 4.69) is 11.6 Å². The van der Waals surface area contributed by atoms with Crippen molar-refractivity contribution < 1.29 is 4.74 Å². The van der Waals surface area contributed by atoms with Crippen molar-refractivity contribution in [3.8, 4) is 5.75 Å². The Balaban J connectivity index is 3.07. The van der Waals surface area contributed by atoms with Gasteiger partial charge in [-0.05, 0) is 18.6 Å². The van der Waals surface area contributed by atoms with Crippen LogP contribution in [-0.4, -0.2) is 12.1 Å². The van der Waals surface area contributed by atoms with E-state index in [-0.39, 0.29) is 0 Å². The molecular weight excluding hydrogens is 162 g/mol. The predicted molar refractivity (Wildman–Crippen MR) is 54.6 cm³/mol. The molecule has 2 nitrogen and oxygen atoms in total. The van der Waals surface area contributed by atoms with Crippen molar-refractivity contribution in [1.82, 2.24) is 4.98 Å². The Hall–Kier alpha value is -1.57. The minimum absolute atomic E-state index is 0.763. The molecule has 0 spiro atoms. The molecule has 0 aliphatic rings. The average molecular weight is 175 g/mol. The number of ether oxygens (including phenoxy) is 1. The number of pyridine rings is 1. The Morgan fingerprint density at radius 1 is 1.54 bits per heavy atom. The zero-order chi connectivity index (χ0) is 9.68. The smallest absolute Gasteiger partial charge is 0.137 e. The van der Waals surface area contributed by atoms with Gasteiger partial charge in [0.2, 0.25) is 0 Å². The Bertz CT molecular complexity index is 329. The first-order valence-electron chi connectivity index (χ1n) is 4.10. The standard InChI is InChI=1S/C11H13NO/c1-4-9(5-2)10-6-11(13-3)8-12-7-10/h4-8H,1H2,2-3H3. The zero-order valence-corrected chi connectivity index (χ0v) is 7.95. The molecule has 0 bridgehead atoms. The Kier molecular flexibility index (Phi) is 3.26. The van der Waals surface area contributed by atoms with Crippen LogP contribution < -0.4 is 4.74 Å². The van der Waals surface area contributed by atoms with Gasteiger partial charge in [0.05, 0.1) is 13.3 Å². The second kappa shape index (κ2) is 4.45. The second-order valence-corrected chi connectivity index (χ2v) is 2.56. The highest BCUT2D eigenvalue weighted by Gasteiger charge is 1.98. The van der Waals surface area contributed by atoms with Crippen molar-refractivity contribution in [3.63, 3.8) is 0 Å². The fourth-order valence-electron chi connectivity index (χ4n) is 1.09. The fourth-order valence-corrected chi connectivity index (χ4v) is 1.09. The van der Waals surface area contributed by atoms with Crippen LogP contribution in [0.25, 0.3) is 5.57 Å². The maximum Gasteiger partial charge on any atom is 0.137 e. The van der Waals surface area contributed by atoms with Crippen LogP contribution in [0.4, 0.5) is 0 Å². The van der Waals surface area contributed by atoms with Gasteiger partial charge in [0.25, 0.3) is 0 Å². The van der Waals surface area contributed by atoms with Gasteiger partial charge in [-0.1, -0.05) is 18.7 Å². The first-order chi connectivity index (χ1) is 6.31. The summed E-state index contributed by atoms with van der Waals surface area (Å²) >= 11 is 0. The maximum absolute atomic E-state index is 5.07. The summed E-state index contributed by atoms with van der Waals surface area (Å²) in [4.78, 5) is 4.06. The molecular formula is C11H13NO. The quantitative estimate of drug-likeness (QED) is 0.659. The van der Waals surface area contributed by atoms with Crippen LogP contribution in [-0.2, 0) is 0 Å². The van der Waals surface area contributed by atoms with Gasteiger partial charge in [-0.3, -0.25) is 4.98 Å². The Morgan fingerprint density at radius 2 is 2.31 bits per heavy atom. The Labute approximate surface area is 78.6 Å². The Morgan fingerprint density at radius 3 is 2.85 bits per heavy atom. The molecule has 0 unspecified atom stereocenters. The van der Waals surface area contributed by atoms with Crippen LogP contribution in [0.2, 0.25) is 0 Å². The molecule has 0 N–H and O–H groups in total. The fraction of sp³-hybridized carbons (Fsp3) is 0.182. The van der Waals surface area contributed by atoms with E-state index in [1.807, 2.05) is 19.1 Å². The van der Waals surface area contributed by atoms with E-state index in [9.17, 15) is 0 Å². The van der Waals surface area contributed by atoms with Crippen molar-refractivity contribution >= 4 is 5.57 Å². The average Bonchev–Trinajstić information content (AvgIpc) is 2.20. The molecule has 0 aliphatic carbocycles. The largest absolute Gasteiger partial charge is 0.495 e. The monoisotopic (exact) mass is 175 g/mol. The van der Waals surface area contributed by atoms with Gasteiger partial charge in [-0.15, -0.1) is 0 Å². The van der Waals surface area contributed by atoms with Gasteiger partial charge in [0, 0.05) is 11.8 Å². The van der Waals surface area contributed by atoms with E-state index in [0.717, 1.165) is 16.9 Å². The summed E-state index contributed by atoms with van der Waals surface area (Å²) in [7, 11) is 1.63. The van der Waals surface area contributed by atoms with E-state index in [1.165, 1.54) is 0 Å². The molecule has 68 valence electrons. The molecule has 0 fully saturated rings. The third-order valence-corrected chi connectivity index (χ3v) is 1.81. The highest BCUT2D eigenvalue weighted by atomic mass is 16.5. The lowest BCUT2D eigenvalue weighted by atomic mass is 10.1. The minimum atomic E-state index is 0.763. The van der Waals surface area contributed by atoms with Gasteiger partial charge in [0.1, 0.15) is 5.75 Å². The van der Waals surface area contributed by atoms with Crippen molar-refractivity contribution in [2.75, 3.05) is 7.11 Å². The van der Waals surface area contributed by atoms with Crippen molar-refractivity contribution in [3.05, 3.63) is 42.8 Å². The van der Waals surface area contributed by atoms with E-state index in [1.54, 1.807) is 25.6 Å². The zero-order valence-electron chi connectivity index (χ0n) is 7.95. The number of nitrogens with zero attached hydrogens (tertiary/aromatic N) is 1. The number of hydrogen-bond donors (Lipinski definition) is 0. The number of hydrogen-bond acceptors (Lipinski definition) is 2. The molecule has 13 heavy (non-hydrogen) atoms. The number of methoxy groups -OCH3 is 1. The van der Waals surface area contributed by atoms with Crippen LogP contribution in [0.15, 0.2) is 37.2 Å². The normalized spacial score (nSPS) is 11.1. The van der Waals surface area contributed by atoms with E-state index in [0.29, 0.717) is 0 Å². The van der Waals surface area contributed by atoms with Crippen LogP contribution in [0.3, 0.4) is 0 Å². The topological polar surface area (TPSA) is 22.1 Å². The molecule has 0 saturated heterocycles. The highest BCUT2D eigenvalue weighted by molar-refractivity contribution is 5.73. The number of aromatic nitrogens is 1. The summed E-state index contributed by atoms with van der Waals surface area (Å²) in [6.45, 7) is 5.70. The van der Waals surface area contributed by atoms with Crippen LogP contribution >= 0.6 is 0 Å². The lowest BCUT2D eigenvalue weighted by Gasteiger charge is -2.03. The summed E-state index contributed by atoms with van der Waals surface area (Å²) < 4.78 is 5.07. The summed E-state index contributed by atoms with van der Waals surface area (Å²) in [6.07, 6.45) is 7.26. The second-order valence-electron chi connectivity index (χ2n) is 2.56. The first-order valence-corrected chi connectivity index (χ1v) is 4.10. The van der Waals surface area contributed by atoms with Gasteiger partial charge in [-0.2, -0.15) is 0 Å². The number of allylic oxidation sites excluding steroid dienone is 3. The van der Waals surface area contributed by atoms with Gasteiger partial charge < -0.3 is 4.74 Å². The summed E-state index contributed by atoms with van der Waals surface area (Å²) in [5.41, 5.74) is 2.09. The molecule has 0 aromatic carbocycles. The molecule has 1 aromatic rings. The van der Waals surface area contributed by atoms with Gasteiger partial charge in [0.15, 0.2) is 0 Å². The predicted octanol–water partition coefficient (Wildman–Crippen LogP) is 2.68. The molecule has 0 radical (unpaired) electrons.